The van der Waals surface area contributed by atoms with Crippen LogP contribution in [0.3, 0.4) is 0 Å². The van der Waals surface area contributed by atoms with Crippen molar-refractivity contribution in [1.82, 2.24) is 0 Å². The molecule has 0 saturated carbocycles. The number of para-hydroxylation sites is 1. The van der Waals surface area contributed by atoms with Gasteiger partial charge in [-0.05, 0) is 42.7 Å². The molecule has 0 fully saturated rings. The van der Waals surface area contributed by atoms with Crippen LogP contribution in [0, 0.1) is 0 Å². The Morgan fingerprint density at radius 2 is 1.88 bits per heavy atom. The second-order valence-electron chi connectivity index (χ2n) is 5.54. The first-order valence-corrected chi connectivity index (χ1v) is 8.33. The standard InChI is InChI=1S/C20H25NO3/c1-4-12-24-14-17-13-16(10-11-19(17)23-3)20(22)21-18-9-7-6-8-15(18)5-2/h6-11,13H,4-5,12,14H2,1-3H3,(H,21,22). The van der Waals surface area contributed by atoms with E-state index in [1.54, 1.807) is 13.2 Å². The zero-order chi connectivity index (χ0) is 17.4. The summed E-state index contributed by atoms with van der Waals surface area (Å²) in [6, 6.07) is 13.3. The number of hydrogen-bond acceptors (Lipinski definition) is 3. The van der Waals surface area contributed by atoms with Crippen LogP contribution in [0.25, 0.3) is 0 Å². The van der Waals surface area contributed by atoms with Crippen molar-refractivity contribution >= 4 is 11.6 Å². The molecule has 2 aromatic rings. The third-order valence-electron chi connectivity index (χ3n) is 3.80. The molecule has 0 bridgehead atoms. The number of anilines is 1. The van der Waals surface area contributed by atoms with Crippen LogP contribution in [0.1, 0.15) is 41.8 Å². The predicted molar refractivity (Wildman–Crippen MR) is 96.7 cm³/mol. The third kappa shape index (κ3) is 4.59. The number of carbonyl (C=O) groups is 1. The molecule has 0 atom stereocenters. The Hall–Kier alpha value is -2.33. The number of amides is 1. The lowest BCUT2D eigenvalue weighted by atomic mass is 10.1. The zero-order valence-corrected chi connectivity index (χ0v) is 14.6. The van der Waals surface area contributed by atoms with E-state index in [2.05, 4.69) is 19.2 Å². The molecule has 0 aromatic heterocycles. The maximum Gasteiger partial charge on any atom is 0.255 e. The van der Waals surface area contributed by atoms with Gasteiger partial charge in [0.05, 0.1) is 13.7 Å². The zero-order valence-electron chi connectivity index (χ0n) is 14.6. The summed E-state index contributed by atoms with van der Waals surface area (Å²) < 4.78 is 10.9. The minimum atomic E-state index is -0.129. The van der Waals surface area contributed by atoms with Crippen LogP contribution >= 0.6 is 0 Å². The Bertz CT molecular complexity index is 682. The number of ether oxygens (including phenoxy) is 2. The van der Waals surface area contributed by atoms with Crippen LogP contribution in [-0.4, -0.2) is 19.6 Å². The maximum atomic E-state index is 12.6. The second kappa shape index (κ2) is 9.08. The summed E-state index contributed by atoms with van der Waals surface area (Å²) in [6.07, 6.45) is 1.82. The van der Waals surface area contributed by atoms with Crippen LogP contribution in [0.2, 0.25) is 0 Å². The average molecular weight is 327 g/mol. The fourth-order valence-electron chi connectivity index (χ4n) is 2.50. The van der Waals surface area contributed by atoms with Gasteiger partial charge in [0.1, 0.15) is 5.75 Å². The van der Waals surface area contributed by atoms with Crippen molar-refractivity contribution in [2.75, 3.05) is 19.0 Å². The van der Waals surface area contributed by atoms with Gasteiger partial charge in [-0.15, -0.1) is 0 Å². The number of carbonyl (C=O) groups excluding carboxylic acids is 1. The van der Waals surface area contributed by atoms with E-state index in [0.29, 0.717) is 18.8 Å². The molecule has 0 unspecified atom stereocenters. The molecule has 1 amide bonds. The Morgan fingerprint density at radius 1 is 1.08 bits per heavy atom. The van der Waals surface area contributed by atoms with Crippen LogP contribution in [0.4, 0.5) is 5.69 Å². The van der Waals surface area contributed by atoms with Crippen LogP contribution in [-0.2, 0) is 17.8 Å². The van der Waals surface area contributed by atoms with Gasteiger partial charge in [0.25, 0.3) is 5.91 Å². The number of benzene rings is 2. The van der Waals surface area contributed by atoms with Crippen LogP contribution in [0.5, 0.6) is 5.75 Å². The summed E-state index contributed by atoms with van der Waals surface area (Å²) in [5.41, 5.74) is 3.44. The molecule has 0 spiro atoms. The molecule has 0 aliphatic heterocycles. The molecule has 4 nitrogen and oxygen atoms in total. The number of rotatable bonds is 8. The molecule has 24 heavy (non-hydrogen) atoms. The van der Waals surface area contributed by atoms with Crippen molar-refractivity contribution in [3.63, 3.8) is 0 Å². The van der Waals surface area contributed by atoms with Gasteiger partial charge in [-0.1, -0.05) is 32.0 Å². The Kier molecular flexibility index (Phi) is 6.82. The number of aryl methyl sites for hydroxylation is 1. The summed E-state index contributed by atoms with van der Waals surface area (Å²) in [5, 5.41) is 2.99. The summed E-state index contributed by atoms with van der Waals surface area (Å²) in [7, 11) is 1.62. The molecular formula is C20H25NO3. The lowest BCUT2D eigenvalue weighted by Gasteiger charge is -2.13. The predicted octanol–water partition coefficient (Wildman–Crippen LogP) is 4.44. The minimum absolute atomic E-state index is 0.129. The maximum absolute atomic E-state index is 12.6. The quantitative estimate of drug-likeness (QED) is 0.729. The van der Waals surface area contributed by atoms with E-state index in [0.717, 1.165) is 35.4 Å². The Morgan fingerprint density at radius 3 is 2.58 bits per heavy atom. The van der Waals surface area contributed by atoms with E-state index >= 15 is 0 Å². The molecule has 0 radical (unpaired) electrons. The van der Waals surface area contributed by atoms with Crippen LogP contribution in [0.15, 0.2) is 42.5 Å². The largest absolute Gasteiger partial charge is 0.496 e. The SMILES string of the molecule is CCCOCc1cc(C(=O)Nc2ccccc2CC)ccc1OC. The highest BCUT2D eigenvalue weighted by atomic mass is 16.5. The van der Waals surface area contributed by atoms with E-state index in [-0.39, 0.29) is 5.91 Å². The number of nitrogens with one attached hydrogen (secondary N) is 1. The van der Waals surface area contributed by atoms with Gasteiger partial charge in [-0.25, -0.2) is 0 Å². The van der Waals surface area contributed by atoms with Gasteiger partial charge >= 0.3 is 0 Å². The van der Waals surface area contributed by atoms with Crippen LogP contribution < -0.4 is 10.1 Å². The average Bonchev–Trinajstić information content (AvgIpc) is 2.62. The van der Waals surface area contributed by atoms with Gasteiger partial charge < -0.3 is 14.8 Å². The number of hydrogen-bond donors (Lipinski definition) is 1. The first-order valence-electron chi connectivity index (χ1n) is 8.33. The summed E-state index contributed by atoms with van der Waals surface area (Å²) in [6.45, 7) is 5.25. The lowest BCUT2D eigenvalue weighted by Crippen LogP contribution is -2.14. The van der Waals surface area contributed by atoms with Crippen molar-refractivity contribution in [3.8, 4) is 5.75 Å². The highest BCUT2D eigenvalue weighted by Gasteiger charge is 2.12. The smallest absolute Gasteiger partial charge is 0.255 e. The Balaban J connectivity index is 2.18. The van der Waals surface area contributed by atoms with Gasteiger partial charge in [0, 0.05) is 23.4 Å². The normalized spacial score (nSPS) is 10.5. The molecular weight excluding hydrogens is 302 g/mol. The summed E-state index contributed by atoms with van der Waals surface area (Å²) >= 11 is 0. The highest BCUT2D eigenvalue weighted by molar-refractivity contribution is 6.04. The third-order valence-corrected chi connectivity index (χ3v) is 3.80. The molecule has 1 N–H and O–H groups in total. The fraction of sp³-hybridized carbons (Fsp3) is 0.350. The van der Waals surface area contributed by atoms with Gasteiger partial charge in [0.15, 0.2) is 0 Å². The fourth-order valence-corrected chi connectivity index (χ4v) is 2.50. The first kappa shape index (κ1) is 18.0. The lowest BCUT2D eigenvalue weighted by molar-refractivity contribution is 0.102. The molecule has 128 valence electrons. The summed E-state index contributed by atoms with van der Waals surface area (Å²) in [4.78, 5) is 12.6. The topological polar surface area (TPSA) is 47.6 Å². The highest BCUT2D eigenvalue weighted by Crippen LogP contribution is 2.22. The van der Waals surface area contributed by atoms with Gasteiger partial charge in [0.2, 0.25) is 0 Å². The van der Waals surface area contributed by atoms with Crippen molar-refractivity contribution in [3.05, 3.63) is 59.2 Å². The van der Waals surface area contributed by atoms with E-state index in [9.17, 15) is 4.79 Å². The summed E-state index contributed by atoms with van der Waals surface area (Å²) in [5.74, 6) is 0.604. The first-order chi connectivity index (χ1) is 11.7. The van der Waals surface area contributed by atoms with Gasteiger partial charge in [-0.2, -0.15) is 0 Å². The van der Waals surface area contributed by atoms with Crippen molar-refractivity contribution in [1.29, 1.82) is 0 Å². The Labute approximate surface area is 143 Å². The molecule has 2 aromatic carbocycles. The molecule has 0 heterocycles. The van der Waals surface area contributed by atoms with Crippen molar-refractivity contribution < 1.29 is 14.3 Å². The van der Waals surface area contributed by atoms with E-state index in [4.69, 9.17) is 9.47 Å². The van der Waals surface area contributed by atoms with E-state index in [1.807, 2.05) is 36.4 Å². The number of methoxy groups -OCH3 is 1. The second-order valence-corrected chi connectivity index (χ2v) is 5.54. The molecule has 4 heteroatoms. The molecule has 2 rings (SSSR count). The van der Waals surface area contributed by atoms with Crippen molar-refractivity contribution in [2.45, 2.75) is 33.3 Å². The van der Waals surface area contributed by atoms with E-state index < -0.39 is 0 Å². The van der Waals surface area contributed by atoms with Crippen molar-refractivity contribution in [2.24, 2.45) is 0 Å². The van der Waals surface area contributed by atoms with E-state index in [1.165, 1.54) is 0 Å². The molecule has 0 saturated heterocycles. The minimum Gasteiger partial charge on any atom is -0.496 e. The molecule has 0 aliphatic rings. The molecule has 0 aliphatic carbocycles. The monoisotopic (exact) mass is 327 g/mol. The van der Waals surface area contributed by atoms with Gasteiger partial charge in [-0.3, -0.25) is 4.79 Å².